The highest BCUT2D eigenvalue weighted by molar-refractivity contribution is 4.62. The van der Waals surface area contributed by atoms with Crippen LogP contribution in [0.25, 0.3) is 0 Å². The summed E-state index contributed by atoms with van der Waals surface area (Å²) in [5, 5.41) is 3.32. The Morgan fingerprint density at radius 3 is 2.69 bits per heavy atom. The minimum absolute atomic E-state index is 0.440. The van der Waals surface area contributed by atoms with Crippen molar-refractivity contribution in [2.24, 2.45) is 0 Å². The van der Waals surface area contributed by atoms with Crippen molar-refractivity contribution in [1.29, 1.82) is 0 Å². The van der Waals surface area contributed by atoms with E-state index in [1.165, 1.54) is 6.42 Å². The molecule has 0 radical (unpaired) electrons. The average Bonchev–Trinajstić information content (AvgIpc) is 2.34. The predicted molar refractivity (Wildman–Crippen MR) is 63.8 cm³/mol. The van der Waals surface area contributed by atoms with Crippen LogP contribution in [-0.2, 0) is 14.2 Å². The highest BCUT2D eigenvalue weighted by atomic mass is 16.5. The molecule has 1 heterocycles. The van der Waals surface area contributed by atoms with Crippen LogP contribution in [0.4, 0.5) is 0 Å². The topological polar surface area (TPSA) is 39.7 Å². The van der Waals surface area contributed by atoms with Crippen molar-refractivity contribution in [3.63, 3.8) is 0 Å². The number of unbranched alkanes of at least 4 members (excludes halogenated alkanes) is 1. The van der Waals surface area contributed by atoms with Crippen LogP contribution in [0.1, 0.15) is 25.7 Å². The summed E-state index contributed by atoms with van der Waals surface area (Å²) in [7, 11) is 1.73. The van der Waals surface area contributed by atoms with Crippen molar-refractivity contribution >= 4 is 0 Å². The maximum Gasteiger partial charge on any atom is 0.0619 e. The second-order valence-corrected chi connectivity index (χ2v) is 4.13. The van der Waals surface area contributed by atoms with Gasteiger partial charge < -0.3 is 19.5 Å². The summed E-state index contributed by atoms with van der Waals surface area (Å²) in [6, 6.07) is 0. The van der Waals surface area contributed by atoms with Crippen LogP contribution in [0.15, 0.2) is 0 Å². The maximum absolute atomic E-state index is 5.78. The van der Waals surface area contributed by atoms with Crippen LogP contribution in [0.5, 0.6) is 0 Å². The summed E-state index contributed by atoms with van der Waals surface area (Å²) in [4.78, 5) is 0. The molecule has 4 heteroatoms. The molecule has 0 amide bonds. The van der Waals surface area contributed by atoms with Crippen molar-refractivity contribution < 1.29 is 14.2 Å². The van der Waals surface area contributed by atoms with Crippen LogP contribution in [-0.4, -0.2) is 52.7 Å². The number of rotatable bonds is 9. The Labute approximate surface area is 98.6 Å². The van der Waals surface area contributed by atoms with E-state index in [0.717, 1.165) is 58.8 Å². The van der Waals surface area contributed by atoms with Gasteiger partial charge in [-0.1, -0.05) is 0 Å². The summed E-state index contributed by atoms with van der Waals surface area (Å²) < 4.78 is 16.0. The molecular formula is C12H25NO3. The van der Waals surface area contributed by atoms with E-state index in [1.54, 1.807) is 7.11 Å². The van der Waals surface area contributed by atoms with Gasteiger partial charge in [0.1, 0.15) is 0 Å². The Hall–Kier alpha value is -0.160. The van der Waals surface area contributed by atoms with E-state index in [4.69, 9.17) is 14.2 Å². The second kappa shape index (κ2) is 10.0. The highest BCUT2D eigenvalue weighted by Gasteiger charge is 2.13. The van der Waals surface area contributed by atoms with Gasteiger partial charge in [0.05, 0.1) is 12.7 Å². The normalized spacial score (nSPS) is 17.8. The Morgan fingerprint density at radius 1 is 1.12 bits per heavy atom. The quantitative estimate of drug-likeness (QED) is 0.605. The zero-order valence-corrected chi connectivity index (χ0v) is 10.4. The first-order valence-corrected chi connectivity index (χ1v) is 6.32. The van der Waals surface area contributed by atoms with Gasteiger partial charge in [0.15, 0.2) is 0 Å². The molecule has 1 N–H and O–H groups in total. The average molecular weight is 231 g/mol. The molecule has 4 nitrogen and oxygen atoms in total. The third-order valence-corrected chi connectivity index (χ3v) is 2.75. The zero-order chi connectivity index (χ0) is 11.5. The third-order valence-electron chi connectivity index (χ3n) is 2.75. The summed E-state index contributed by atoms with van der Waals surface area (Å²) in [6.07, 6.45) is 4.87. The van der Waals surface area contributed by atoms with E-state index in [9.17, 15) is 0 Å². The molecule has 16 heavy (non-hydrogen) atoms. The monoisotopic (exact) mass is 231 g/mol. The molecule has 0 unspecified atom stereocenters. The van der Waals surface area contributed by atoms with Crippen LogP contribution in [0.2, 0.25) is 0 Å². The van der Waals surface area contributed by atoms with Crippen molar-refractivity contribution in [2.45, 2.75) is 31.8 Å². The van der Waals surface area contributed by atoms with E-state index < -0.39 is 0 Å². The predicted octanol–water partition coefficient (Wildman–Crippen LogP) is 1.20. The first-order chi connectivity index (χ1) is 7.93. The molecule has 1 saturated heterocycles. The number of hydrogen-bond acceptors (Lipinski definition) is 4. The van der Waals surface area contributed by atoms with Gasteiger partial charge in [-0.3, -0.25) is 0 Å². The molecule has 0 aromatic heterocycles. The van der Waals surface area contributed by atoms with E-state index in [2.05, 4.69) is 5.32 Å². The lowest BCUT2D eigenvalue weighted by atomic mass is 10.1. The standard InChI is InChI=1S/C12H25NO3/c1-14-11-7-13-6-2-3-8-16-12-4-9-15-10-5-12/h12-13H,2-11H2,1H3. The Kier molecular flexibility index (Phi) is 8.71. The lowest BCUT2D eigenvalue weighted by Gasteiger charge is -2.22. The fourth-order valence-electron chi connectivity index (χ4n) is 1.74. The first kappa shape index (κ1) is 13.9. The van der Waals surface area contributed by atoms with E-state index in [1.807, 2.05) is 0 Å². The lowest BCUT2D eigenvalue weighted by molar-refractivity contribution is -0.0326. The fraction of sp³-hybridized carbons (Fsp3) is 1.00. The second-order valence-electron chi connectivity index (χ2n) is 4.13. The largest absolute Gasteiger partial charge is 0.383 e. The van der Waals surface area contributed by atoms with Crippen LogP contribution < -0.4 is 5.32 Å². The first-order valence-electron chi connectivity index (χ1n) is 6.32. The van der Waals surface area contributed by atoms with Gasteiger partial charge in [-0.2, -0.15) is 0 Å². The smallest absolute Gasteiger partial charge is 0.0619 e. The van der Waals surface area contributed by atoms with Crippen molar-refractivity contribution in [1.82, 2.24) is 5.32 Å². The van der Waals surface area contributed by atoms with E-state index >= 15 is 0 Å². The Bertz CT molecular complexity index is 149. The summed E-state index contributed by atoms with van der Waals surface area (Å²) >= 11 is 0. The van der Waals surface area contributed by atoms with E-state index in [0.29, 0.717) is 6.10 Å². The molecule has 1 aliphatic rings. The molecule has 0 spiro atoms. The minimum atomic E-state index is 0.440. The summed E-state index contributed by atoms with van der Waals surface area (Å²) in [5.41, 5.74) is 0. The highest BCUT2D eigenvalue weighted by Crippen LogP contribution is 2.10. The Balaban J connectivity index is 1.77. The van der Waals surface area contributed by atoms with Crippen molar-refractivity contribution in [3.8, 4) is 0 Å². The molecule has 0 bridgehead atoms. The number of ether oxygens (including phenoxy) is 3. The molecule has 1 rings (SSSR count). The van der Waals surface area contributed by atoms with Crippen molar-refractivity contribution in [2.75, 3.05) is 46.6 Å². The maximum atomic E-state index is 5.78. The number of methoxy groups -OCH3 is 1. The van der Waals surface area contributed by atoms with Gasteiger partial charge in [-0.15, -0.1) is 0 Å². The molecule has 96 valence electrons. The molecule has 0 saturated carbocycles. The minimum Gasteiger partial charge on any atom is -0.383 e. The van der Waals surface area contributed by atoms with Gasteiger partial charge in [-0.05, 0) is 32.2 Å². The fourth-order valence-corrected chi connectivity index (χ4v) is 1.74. The third kappa shape index (κ3) is 7.17. The van der Waals surface area contributed by atoms with Gasteiger partial charge in [0.2, 0.25) is 0 Å². The zero-order valence-electron chi connectivity index (χ0n) is 10.4. The van der Waals surface area contributed by atoms with Crippen LogP contribution >= 0.6 is 0 Å². The van der Waals surface area contributed by atoms with Gasteiger partial charge >= 0.3 is 0 Å². The molecule has 0 aromatic carbocycles. The molecule has 1 aliphatic heterocycles. The van der Waals surface area contributed by atoms with Crippen molar-refractivity contribution in [3.05, 3.63) is 0 Å². The SMILES string of the molecule is COCCNCCCCOC1CCOCC1. The number of hydrogen-bond donors (Lipinski definition) is 1. The molecule has 0 aliphatic carbocycles. The van der Waals surface area contributed by atoms with E-state index in [-0.39, 0.29) is 0 Å². The van der Waals surface area contributed by atoms with Crippen LogP contribution in [0.3, 0.4) is 0 Å². The lowest BCUT2D eigenvalue weighted by Crippen LogP contribution is -2.24. The number of nitrogens with one attached hydrogen (secondary N) is 1. The summed E-state index contributed by atoms with van der Waals surface area (Å²) in [5.74, 6) is 0. The molecule has 0 atom stereocenters. The molecule has 0 aromatic rings. The van der Waals surface area contributed by atoms with Gasteiger partial charge in [0, 0.05) is 33.5 Å². The Morgan fingerprint density at radius 2 is 1.94 bits per heavy atom. The van der Waals surface area contributed by atoms with Gasteiger partial charge in [-0.25, -0.2) is 0 Å². The van der Waals surface area contributed by atoms with Crippen LogP contribution in [0, 0.1) is 0 Å². The van der Waals surface area contributed by atoms with Gasteiger partial charge in [0.25, 0.3) is 0 Å². The molecular weight excluding hydrogens is 206 g/mol. The molecule has 1 fully saturated rings. The summed E-state index contributed by atoms with van der Waals surface area (Å²) in [6.45, 7) is 5.40.